The van der Waals surface area contributed by atoms with Crippen molar-refractivity contribution in [1.82, 2.24) is 8.87 Å². The van der Waals surface area contributed by atoms with Gasteiger partial charge in [0.05, 0.1) is 11.4 Å². The highest BCUT2D eigenvalue weighted by molar-refractivity contribution is 9.10. The molecule has 1 heterocycles. The summed E-state index contributed by atoms with van der Waals surface area (Å²) in [4.78, 5) is 12.0. The zero-order valence-corrected chi connectivity index (χ0v) is 14.1. The van der Waals surface area contributed by atoms with Crippen LogP contribution in [0.4, 0.5) is 0 Å². The van der Waals surface area contributed by atoms with Crippen LogP contribution in [0.15, 0.2) is 56.8 Å². The Morgan fingerprint density at radius 2 is 1.81 bits per heavy atom. The summed E-state index contributed by atoms with van der Waals surface area (Å²) >= 11 is 3.42. The minimum atomic E-state index is -3.56. The van der Waals surface area contributed by atoms with Crippen LogP contribution in [0.1, 0.15) is 5.56 Å². The van der Waals surface area contributed by atoms with E-state index in [1.54, 1.807) is 0 Å². The number of sulfonamides is 1. The van der Waals surface area contributed by atoms with Gasteiger partial charge in [-0.1, -0.05) is 34.1 Å². The Morgan fingerprint density at radius 3 is 2.43 bits per heavy atom. The van der Waals surface area contributed by atoms with E-state index in [1.807, 2.05) is 24.3 Å². The molecule has 0 amide bonds. The first-order valence-electron chi connectivity index (χ1n) is 6.19. The average molecular weight is 371 g/mol. The summed E-state index contributed by atoms with van der Waals surface area (Å²) in [6.45, 7) is 0.303. The molecule has 0 saturated heterocycles. The third-order valence-corrected chi connectivity index (χ3v) is 5.61. The highest BCUT2D eigenvalue weighted by Gasteiger charge is 2.18. The number of rotatable bonds is 4. The number of nitrogens with zero attached hydrogens (tertiary/aromatic N) is 2. The molecule has 0 spiro atoms. The van der Waals surface area contributed by atoms with Gasteiger partial charge in [-0.15, -0.1) is 0 Å². The molecule has 0 unspecified atom stereocenters. The van der Waals surface area contributed by atoms with Crippen LogP contribution in [0.2, 0.25) is 0 Å². The SMILES string of the molecule is CN(C)S(=O)(=O)c1ccc(=O)n(Cc2ccccc2Br)c1. The topological polar surface area (TPSA) is 59.4 Å². The van der Waals surface area contributed by atoms with Gasteiger partial charge in [-0.3, -0.25) is 4.79 Å². The fraction of sp³-hybridized carbons (Fsp3) is 0.214. The van der Waals surface area contributed by atoms with Crippen LogP contribution < -0.4 is 5.56 Å². The van der Waals surface area contributed by atoms with Gasteiger partial charge < -0.3 is 4.57 Å². The zero-order valence-electron chi connectivity index (χ0n) is 11.7. The number of pyridine rings is 1. The third-order valence-electron chi connectivity index (χ3n) is 3.03. The molecule has 0 radical (unpaired) electrons. The molecule has 0 aliphatic rings. The van der Waals surface area contributed by atoms with E-state index < -0.39 is 10.0 Å². The highest BCUT2D eigenvalue weighted by atomic mass is 79.9. The second-order valence-electron chi connectivity index (χ2n) is 4.71. The van der Waals surface area contributed by atoms with Crippen LogP contribution in [-0.4, -0.2) is 31.4 Å². The largest absolute Gasteiger partial charge is 0.310 e. The molecule has 1 aromatic heterocycles. The van der Waals surface area contributed by atoms with Crippen LogP contribution in [0.5, 0.6) is 0 Å². The molecule has 112 valence electrons. The van der Waals surface area contributed by atoms with Crippen molar-refractivity contribution in [2.75, 3.05) is 14.1 Å². The van der Waals surface area contributed by atoms with Gasteiger partial charge in [-0.05, 0) is 17.7 Å². The Kier molecular flexibility index (Phi) is 4.65. The predicted molar refractivity (Wildman–Crippen MR) is 84.8 cm³/mol. The monoisotopic (exact) mass is 370 g/mol. The van der Waals surface area contributed by atoms with Gasteiger partial charge in [0.1, 0.15) is 0 Å². The van der Waals surface area contributed by atoms with Crippen LogP contribution in [0, 0.1) is 0 Å². The molecule has 0 aliphatic carbocycles. The first-order valence-corrected chi connectivity index (χ1v) is 8.42. The van der Waals surface area contributed by atoms with E-state index in [9.17, 15) is 13.2 Å². The van der Waals surface area contributed by atoms with Crippen molar-refractivity contribution in [3.8, 4) is 0 Å². The Labute approximate surface area is 132 Å². The predicted octanol–water partition coefficient (Wildman–Crippen LogP) is 1.91. The van der Waals surface area contributed by atoms with Gasteiger partial charge in [0.2, 0.25) is 10.0 Å². The summed E-state index contributed by atoms with van der Waals surface area (Å²) in [6.07, 6.45) is 1.37. The molecular weight excluding hydrogens is 356 g/mol. The van der Waals surface area contributed by atoms with Crippen LogP contribution in [0.3, 0.4) is 0 Å². The van der Waals surface area contributed by atoms with E-state index in [0.717, 1.165) is 14.3 Å². The van der Waals surface area contributed by atoms with Crippen molar-refractivity contribution in [2.24, 2.45) is 0 Å². The minimum absolute atomic E-state index is 0.0964. The van der Waals surface area contributed by atoms with Gasteiger partial charge >= 0.3 is 0 Å². The Balaban J connectivity index is 2.47. The van der Waals surface area contributed by atoms with Crippen molar-refractivity contribution >= 4 is 26.0 Å². The van der Waals surface area contributed by atoms with Gasteiger partial charge in [-0.25, -0.2) is 12.7 Å². The minimum Gasteiger partial charge on any atom is -0.310 e. The number of aromatic nitrogens is 1. The Bertz CT molecular complexity index is 813. The standard InChI is InChI=1S/C14H15BrN2O3S/c1-16(2)21(19,20)12-7-8-14(18)17(10-12)9-11-5-3-4-6-13(11)15/h3-8,10H,9H2,1-2H3. The van der Waals surface area contributed by atoms with E-state index in [0.29, 0.717) is 6.54 Å². The first kappa shape index (κ1) is 15.9. The van der Waals surface area contributed by atoms with Crippen LogP contribution >= 0.6 is 15.9 Å². The van der Waals surface area contributed by atoms with E-state index in [1.165, 1.54) is 37.0 Å². The van der Waals surface area contributed by atoms with Gasteiger partial charge in [0.25, 0.3) is 5.56 Å². The molecule has 0 atom stereocenters. The second-order valence-corrected chi connectivity index (χ2v) is 7.72. The summed E-state index contributed by atoms with van der Waals surface area (Å²) in [7, 11) is -0.643. The normalized spacial score (nSPS) is 11.8. The molecule has 1 aromatic carbocycles. The molecule has 0 N–H and O–H groups in total. The number of halogens is 1. The molecule has 5 nitrogen and oxygen atoms in total. The molecule has 0 aliphatic heterocycles. The van der Waals surface area contributed by atoms with Crippen molar-refractivity contribution < 1.29 is 8.42 Å². The van der Waals surface area contributed by atoms with Crippen molar-refractivity contribution in [2.45, 2.75) is 11.4 Å². The molecule has 0 bridgehead atoms. The molecule has 2 aromatic rings. The Morgan fingerprint density at radius 1 is 1.14 bits per heavy atom. The molecule has 0 saturated carbocycles. The van der Waals surface area contributed by atoms with Gasteiger partial charge in [-0.2, -0.15) is 0 Å². The van der Waals surface area contributed by atoms with Crippen molar-refractivity contribution in [3.05, 3.63) is 63.0 Å². The smallest absolute Gasteiger partial charge is 0.250 e. The van der Waals surface area contributed by atoms with Gasteiger partial charge in [0.15, 0.2) is 0 Å². The van der Waals surface area contributed by atoms with E-state index in [4.69, 9.17) is 0 Å². The lowest BCUT2D eigenvalue weighted by Gasteiger charge is -2.13. The zero-order chi connectivity index (χ0) is 15.6. The summed E-state index contributed by atoms with van der Waals surface area (Å²) in [6, 6.07) is 10.1. The van der Waals surface area contributed by atoms with E-state index in [2.05, 4.69) is 15.9 Å². The maximum Gasteiger partial charge on any atom is 0.250 e. The van der Waals surface area contributed by atoms with Crippen LogP contribution in [0.25, 0.3) is 0 Å². The quantitative estimate of drug-likeness (QED) is 0.825. The first-order chi connectivity index (χ1) is 9.82. The van der Waals surface area contributed by atoms with Gasteiger partial charge in [0, 0.05) is 30.8 Å². The second kappa shape index (κ2) is 6.13. The molecule has 2 rings (SSSR count). The lowest BCUT2D eigenvalue weighted by Crippen LogP contribution is -2.26. The highest BCUT2D eigenvalue weighted by Crippen LogP contribution is 2.17. The lowest BCUT2D eigenvalue weighted by molar-refractivity contribution is 0.519. The summed E-state index contributed by atoms with van der Waals surface area (Å²) in [5, 5.41) is 0. The van der Waals surface area contributed by atoms with Crippen molar-refractivity contribution in [3.63, 3.8) is 0 Å². The summed E-state index contributed by atoms with van der Waals surface area (Å²) in [5.41, 5.74) is 0.655. The lowest BCUT2D eigenvalue weighted by atomic mass is 10.2. The molecule has 0 fully saturated rings. The molecule has 21 heavy (non-hydrogen) atoms. The van der Waals surface area contributed by atoms with Crippen molar-refractivity contribution in [1.29, 1.82) is 0 Å². The molecular formula is C14H15BrN2O3S. The average Bonchev–Trinajstić information content (AvgIpc) is 2.43. The van der Waals surface area contributed by atoms with E-state index in [-0.39, 0.29) is 10.5 Å². The van der Waals surface area contributed by atoms with Crippen LogP contribution in [-0.2, 0) is 16.6 Å². The summed E-state index contributed by atoms with van der Waals surface area (Å²) in [5.74, 6) is 0. The fourth-order valence-electron chi connectivity index (χ4n) is 1.81. The maximum absolute atomic E-state index is 12.1. The summed E-state index contributed by atoms with van der Waals surface area (Å²) < 4.78 is 27.6. The maximum atomic E-state index is 12.1. The number of hydrogen-bond donors (Lipinski definition) is 0. The number of benzene rings is 1. The number of hydrogen-bond acceptors (Lipinski definition) is 3. The molecule has 7 heteroatoms. The Hall–Kier alpha value is -1.44. The fourth-order valence-corrected chi connectivity index (χ4v) is 3.14. The van der Waals surface area contributed by atoms with E-state index >= 15 is 0 Å². The third kappa shape index (κ3) is 3.42.